The highest BCUT2D eigenvalue weighted by Crippen LogP contribution is 2.17. The van der Waals surface area contributed by atoms with Gasteiger partial charge in [0.2, 0.25) is 5.78 Å². The molecule has 6 heteroatoms. The van der Waals surface area contributed by atoms with Crippen LogP contribution in [0.2, 0.25) is 0 Å². The first-order chi connectivity index (χ1) is 14.7. The van der Waals surface area contributed by atoms with Crippen molar-refractivity contribution in [3.05, 3.63) is 114 Å². The molecule has 0 atom stereocenters. The number of H-pyrrole nitrogens is 1. The average molecular weight is 398 g/mol. The second-order valence-corrected chi connectivity index (χ2v) is 7.06. The van der Waals surface area contributed by atoms with E-state index in [1.54, 1.807) is 0 Å². The third kappa shape index (κ3) is 4.72. The standard InChI is InChI=1S/C24H22N4O2/c29-22(14-23(30)24-25-17-26-27-24)21-13-20(12-11-18-7-3-1-4-8-18)16-28(21)15-19-9-5-2-6-10-19/h1-10,13-14,16-17,30H,11-12,15H2,(H,25,26,27). The van der Waals surface area contributed by atoms with Crippen molar-refractivity contribution in [2.75, 3.05) is 0 Å². The maximum atomic E-state index is 12.9. The topological polar surface area (TPSA) is 83.8 Å². The molecule has 2 aromatic heterocycles. The minimum Gasteiger partial charge on any atom is -0.504 e. The van der Waals surface area contributed by atoms with E-state index in [1.165, 1.54) is 18.0 Å². The predicted molar refractivity (Wildman–Crippen MR) is 115 cm³/mol. The molecule has 0 radical (unpaired) electrons. The molecule has 0 saturated heterocycles. The zero-order valence-electron chi connectivity index (χ0n) is 16.4. The maximum Gasteiger partial charge on any atom is 0.206 e. The molecule has 6 nitrogen and oxygen atoms in total. The molecule has 0 bridgehead atoms. The summed E-state index contributed by atoms with van der Waals surface area (Å²) in [6.45, 7) is 0.574. The number of nitrogens with zero attached hydrogens (tertiary/aromatic N) is 3. The summed E-state index contributed by atoms with van der Waals surface area (Å²) >= 11 is 0. The number of nitrogens with one attached hydrogen (secondary N) is 1. The van der Waals surface area contributed by atoms with Gasteiger partial charge in [-0.25, -0.2) is 4.98 Å². The van der Waals surface area contributed by atoms with Gasteiger partial charge in [-0.15, -0.1) is 0 Å². The van der Waals surface area contributed by atoms with Gasteiger partial charge in [0.05, 0.1) is 5.69 Å². The van der Waals surface area contributed by atoms with Crippen LogP contribution in [0.4, 0.5) is 0 Å². The summed E-state index contributed by atoms with van der Waals surface area (Å²) in [5.74, 6) is -0.365. The lowest BCUT2D eigenvalue weighted by Crippen LogP contribution is -2.08. The number of carbonyl (C=O) groups is 1. The Morgan fingerprint density at radius 2 is 1.63 bits per heavy atom. The molecular formula is C24H22N4O2. The summed E-state index contributed by atoms with van der Waals surface area (Å²) in [6.07, 6.45) is 6.19. The van der Waals surface area contributed by atoms with E-state index in [4.69, 9.17) is 0 Å². The Labute approximate surface area is 174 Å². The molecule has 2 N–H and O–H groups in total. The second kappa shape index (κ2) is 9.05. The molecule has 0 spiro atoms. The quantitative estimate of drug-likeness (QED) is 0.264. The van der Waals surface area contributed by atoms with Gasteiger partial charge in [0.15, 0.2) is 11.6 Å². The smallest absolute Gasteiger partial charge is 0.206 e. The summed E-state index contributed by atoms with van der Waals surface area (Å²) in [4.78, 5) is 16.8. The average Bonchev–Trinajstić information content (AvgIpc) is 3.44. The largest absolute Gasteiger partial charge is 0.504 e. The highest BCUT2D eigenvalue weighted by molar-refractivity contribution is 6.06. The fourth-order valence-electron chi connectivity index (χ4n) is 3.35. The molecule has 0 fully saturated rings. The highest BCUT2D eigenvalue weighted by atomic mass is 16.3. The Morgan fingerprint density at radius 3 is 2.30 bits per heavy atom. The van der Waals surface area contributed by atoms with Gasteiger partial charge < -0.3 is 9.67 Å². The molecule has 0 saturated carbocycles. The summed E-state index contributed by atoms with van der Waals surface area (Å²) in [5, 5.41) is 16.4. The van der Waals surface area contributed by atoms with Crippen molar-refractivity contribution in [3.8, 4) is 0 Å². The number of aliphatic hydroxyl groups is 1. The van der Waals surface area contributed by atoms with Crippen molar-refractivity contribution in [1.82, 2.24) is 19.7 Å². The van der Waals surface area contributed by atoms with E-state index in [2.05, 4.69) is 27.3 Å². The third-order valence-corrected chi connectivity index (χ3v) is 4.87. The minimum absolute atomic E-state index is 0.161. The number of ketones is 1. The van der Waals surface area contributed by atoms with Gasteiger partial charge in [-0.05, 0) is 35.6 Å². The van der Waals surface area contributed by atoms with E-state index < -0.39 is 0 Å². The van der Waals surface area contributed by atoms with Crippen LogP contribution in [-0.4, -0.2) is 30.6 Å². The van der Waals surface area contributed by atoms with Gasteiger partial charge in [-0.1, -0.05) is 60.7 Å². The van der Waals surface area contributed by atoms with Crippen LogP contribution in [-0.2, 0) is 19.4 Å². The monoisotopic (exact) mass is 398 g/mol. The molecule has 0 amide bonds. The van der Waals surface area contributed by atoms with Crippen LogP contribution in [0.15, 0.2) is 85.3 Å². The normalized spacial score (nSPS) is 11.5. The predicted octanol–water partition coefficient (Wildman–Crippen LogP) is 4.22. The SMILES string of the molecule is O=C(C=C(O)c1ncn[nH]1)c1cc(CCc2ccccc2)cn1Cc1ccccc1. The lowest BCUT2D eigenvalue weighted by Gasteiger charge is -2.07. The molecule has 0 aliphatic heterocycles. The molecule has 0 aliphatic rings. The molecule has 4 rings (SSSR count). The fraction of sp³-hybridized carbons (Fsp3) is 0.125. The van der Waals surface area contributed by atoms with Gasteiger partial charge in [-0.2, -0.15) is 5.10 Å². The molecule has 150 valence electrons. The first-order valence-electron chi connectivity index (χ1n) is 9.76. The van der Waals surface area contributed by atoms with Crippen LogP contribution in [0.1, 0.15) is 33.0 Å². The maximum absolute atomic E-state index is 12.9. The molecule has 30 heavy (non-hydrogen) atoms. The zero-order chi connectivity index (χ0) is 20.8. The molecule has 2 aromatic carbocycles. The van der Waals surface area contributed by atoms with Gasteiger partial charge in [0, 0.05) is 18.8 Å². The summed E-state index contributed by atoms with van der Waals surface area (Å²) in [5.41, 5.74) is 3.95. The summed E-state index contributed by atoms with van der Waals surface area (Å²) in [7, 11) is 0. The van der Waals surface area contributed by atoms with E-state index in [0.717, 1.165) is 24.0 Å². The first kappa shape index (κ1) is 19.4. The van der Waals surface area contributed by atoms with Crippen LogP contribution < -0.4 is 0 Å². The van der Waals surface area contributed by atoms with Crippen molar-refractivity contribution < 1.29 is 9.90 Å². The van der Waals surface area contributed by atoms with Gasteiger partial charge in [-0.3, -0.25) is 9.89 Å². The van der Waals surface area contributed by atoms with Crippen LogP contribution in [0.5, 0.6) is 0 Å². The van der Waals surface area contributed by atoms with Crippen molar-refractivity contribution in [3.63, 3.8) is 0 Å². The Hall–Kier alpha value is -3.93. The number of aromatic nitrogens is 4. The Morgan fingerprint density at radius 1 is 0.967 bits per heavy atom. The van der Waals surface area contributed by atoms with Crippen LogP contribution in [0.3, 0.4) is 0 Å². The number of aryl methyl sites for hydroxylation is 2. The van der Waals surface area contributed by atoms with Crippen LogP contribution in [0, 0.1) is 0 Å². The van der Waals surface area contributed by atoms with Crippen molar-refractivity contribution in [1.29, 1.82) is 0 Å². The number of benzene rings is 2. The number of hydrogen-bond acceptors (Lipinski definition) is 4. The lowest BCUT2D eigenvalue weighted by atomic mass is 10.1. The van der Waals surface area contributed by atoms with Crippen LogP contribution >= 0.6 is 0 Å². The van der Waals surface area contributed by atoms with Gasteiger partial charge in [0.25, 0.3) is 0 Å². The van der Waals surface area contributed by atoms with E-state index in [-0.39, 0.29) is 17.4 Å². The van der Waals surface area contributed by atoms with Gasteiger partial charge in [0.1, 0.15) is 6.33 Å². The van der Waals surface area contributed by atoms with Crippen LogP contribution in [0.25, 0.3) is 5.76 Å². The number of aromatic amines is 1. The number of aliphatic hydroxyl groups excluding tert-OH is 1. The number of allylic oxidation sites excluding steroid dienone is 1. The third-order valence-electron chi connectivity index (χ3n) is 4.87. The van der Waals surface area contributed by atoms with Crippen molar-refractivity contribution in [2.45, 2.75) is 19.4 Å². The molecular weight excluding hydrogens is 376 g/mol. The first-order valence-corrected chi connectivity index (χ1v) is 9.76. The zero-order valence-corrected chi connectivity index (χ0v) is 16.4. The number of rotatable bonds is 8. The Balaban J connectivity index is 1.60. The minimum atomic E-state index is -0.286. The van der Waals surface area contributed by atoms with Gasteiger partial charge >= 0.3 is 0 Å². The van der Waals surface area contributed by atoms with Crippen molar-refractivity contribution >= 4 is 11.5 Å². The van der Waals surface area contributed by atoms with Crippen molar-refractivity contribution in [2.24, 2.45) is 0 Å². The molecule has 2 heterocycles. The van der Waals surface area contributed by atoms with E-state index in [0.29, 0.717) is 12.2 Å². The van der Waals surface area contributed by atoms with E-state index in [1.807, 2.05) is 65.4 Å². The number of carbonyl (C=O) groups excluding carboxylic acids is 1. The highest BCUT2D eigenvalue weighted by Gasteiger charge is 2.15. The second-order valence-electron chi connectivity index (χ2n) is 7.06. The summed E-state index contributed by atoms with van der Waals surface area (Å²) < 4.78 is 1.93. The molecule has 0 unspecified atom stereocenters. The molecule has 4 aromatic rings. The fourth-order valence-corrected chi connectivity index (χ4v) is 3.35. The summed E-state index contributed by atoms with van der Waals surface area (Å²) in [6, 6.07) is 22.1. The number of hydrogen-bond donors (Lipinski definition) is 2. The Bertz CT molecular complexity index is 1130. The van der Waals surface area contributed by atoms with E-state index in [9.17, 15) is 9.90 Å². The van der Waals surface area contributed by atoms with E-state index >= 15 is 0 Å². The Kier molecular flexibility index (Phi) is 5.85. The molecule has 0 aliphatic carbocycles. The lowest BCUT2D eigenvalue weighted by molar-refractivity contribution is 0.103.